The van der Waals surface area contributed by atoms with E-state index >= 15 is 0 Å². The SMILES string of the molecule is CC(C)[C@H]1CC[C@@](O)(COC(=O)C(=C[C@H]2C3=C(CC[C@@H]2C(C)C)COC3=O)CO)[C@@H](C(=O)O)[C@@H]1C=C(CO)C(=O)O. The molecule has 3 aliphatic rings. The normalized spacial score (nSPS) is 30.9. The number of hydrogen-bond acceptors (Lipinski definition) is 9. The molecular formula is C30H42O11. The van der Waals surface area contributed by atoms with Crippen molar-refractivity contribution >= 4 is 23.9 Å². The van der Waals surface area contributed by atoms with Crippen LogP contribution in [0.2, 0.25) is 0 Å². The van der Waals surface area contributed by atoms with E-state index in [1.54, 1.807) is 0 Å². The molecule has 0 aromatic rings. The molecule has 1 aliphatic heterocycles. The van der Waals surface area contributed by atoms with Crippen LogP contribution in [0, 0.1) is 41.4 Å². The summed E-state index contributed by atoms with van der Waals surface area (Å²) in [5.74, 6) is -7.32. The van der Waals surface area contributed by atoms with Gasteiger partial charge in [-0.1, -0.05) is 39.8 Å². The summed E-state index contributed by atoms with van der Waals surface area (Å²) < 4.78 is 10.6. The van der Waals surface area contributed by atoms with Gasteiger partial charge in [0.1, 0.15) is 18.8 Å². The van der Waals surface area contributed by atoms with E-state index < -0.39 is 67.1 Å². The van der Waals surface area contributed by atoms with Gasteiger partial charge in [0.05, 0.1) is 30.3 Å². The Hall–Kier alpha value is -3.02. The van der Waals surface area contributed by atoms with Gasteiger partial charge in [-0.05, 0) is 60.8 Å². The van der Waals surface area contributed by atoms with Crippen molar-refractivity contribution in [1.29, 1.82) is 0 Å². The van der Waals surface area contributed by atoms with Crippen molar-refractivity contribution in [2.24, 2.45) is 41.4 Å². The number of ether oxygens (including phenoxy) is 2. The van der Waals surface area contributed by atoms with Gasteiger partial charge in [-0.25, -0.2) is 14.4 Å². The van der Waals surface area contributed by atoms with Gasteiger partial charge < -0.3 is 35.0 Å². The van der Waals surface area contributed by atoms with Crippen molar-refractivity contribution in [1.82, 2.24) is 0 Å². The molecule has 41 heavy (non-hydrogen) atoms. The number of cyclic esters (lactones) is 1. The molecule has 0 unspecified atom stereocenters. The van der Waals surface area contributed by atoms with E-state index in [9.17, 15) is 44.7 Å². The van der Waals surface area contributed by atoms with Crippen LogP contribution in [0.25, 0.3) is 0 Å². The lowest BCUT2D eigenvalue weighted by Gasteiger charge is -2.46. The van der Waals surface area contributed by atoms with Crippen LogP contribution < -0.4 is 0 Å². The molecule has 11 heteroatoms. The molecule has 1 fully saturated rings. The summed E-state index contributed by atoms with van der Waals surface area (Å²) in [6.45, 7) is 5.75. The van der Waals surface area contributed by atoms with E-state index in [0.29, 0.717) is 18.4 Å². The second-order valence-corrected chi connectivity index (χ2v) is 12.1. The summed E-state index contributed by atoms with van der Waals surface area (Å²) in [6, 6.07) is 0. The smallest absolute Gasteiger partial charge is 0.336 e. The van der Waals surface area contributed by atoms with Gasteiger partial charge in [-0.3, -0.25) is 4.79 Å². The largest absolute Gasteiger partial charge is 0.481 e. The van der Waals surface area contributed by atoms with Gasteiger partial charge in [0.25, 0.3) is 0 Å². The van der Waals surface area contributed by atoms with E-state index in [-0.39, 0.29) is 47.8 Å². The highest BCUT2D eigenvalue weighted by Crippen LogP contribution is 2.46. The number of carbonyl (C=O) groups excluding carboxylic acids is 2. The minimum Gasteiger partial charge on any atom is -0.481 e. The van der Waals surface area contributed by atoms with E-state index in [1.807, 2.05) is 27.7 Å². The van der Waals surface area contributed by atoms with Crippen LogP contribution in [-0.4, -0.2) is 81.4 Å². The van der Waals surface area contributed by atoms with Gasteiger partial charge in [-0.2, -0.15) is 0 Å². The van der Waals surface area contributed by atoms with Crippen LogP contribution in [0.3, 0.4) is 0 Å². The zero-order valence-electron chi connectivity index (χ0n) is 24.0. The topological polar surface area (TPSA) is 188 Å². The van der Waals surface area contributed by atoms with Crippen LogP contribution in [0.1, 0.15) is 53.4 Å². The van der Waals surface area contributed by atoms with E-state index in [2.05, 4.69) is 0 Å². The Morgan fingerprint density at radius 2 is 1.63 bits per heavy atom. The number of aliphatic hydroxyl groups is 3. The van der Waals surface area contributed by atoms with E-state index in [1.165, 1.54) is 12.2 Å². The highest BCUT2D eigenvalue weighted by Gasteiger charge is 2.53. The van der Waals surface area contributed by atoms with Crippen molar-refractivity contribution in [2.45, 2.75) is 59.0 Å². The molecule has 228 valence electrons. The number of allylic oxidation sites excluding steroid dienone is 2. The highest BCUT2D eigenvalue weighted by atomic mass is 16.5. The molecule has 11 nitrogen and oxygen atoms in total. The fourth-order valence-electron chi connectivity index (χ4n) is 6.75. The van der Waals surface area contributed by atoms with E-state index in [4.69, 9.17) is 9.47 Å². The number of aliphatic hydroxyl groups excluding tert-OH is 2. The zero-order valence-corrected chi connectivity index (χ0v) is 24.0. The Morgan fingerprint density at radius 3 is 2.17 bits per heavy atom. The van der Waals surface area contributed by atoms with Crippen molar-refractivity contribution in [3.8, 4) is 0 Å². The second kappa shape index (κ2) is 13.3. The van der Waals surface area contributed by atoms with Gasteiger partial charge in [0.15, 0.2) is 0 Å². The number of esters is 2. The third-order valence-corrected chi connectivity index (χ3v) is 9.00. The number of carboxylic acid groups (broad SMARTS) is 2. The Kier molecular flexibility index (Phi) is 10.5. The summed E-state index contributed by atoms with van der Waals surface area (Å²) in [5.41, 5.74) is -1.17. The quantitative estimate of drug-likeness (QED) is 0.178. The Morgan fingerprint density at radius 1 is 1.00 bits per heavy atom. The summed E-state index contributed by atoms with van der Waals surface area (Å²) in [4.78, 5) is 49.7. The Labute approximate surface area is 239 Å². The summed E-state index contributed by atoms with van der Waals surface area (Å²) >= 11 is 0. The van der Waals surface area contributed by atoms with Gasteiger partial charge in [-0.15, -0.1) is 0 Å². The molecule has 1 heterocycles. The first-order valence-electron chi connectivity index (χ1n) is 14.1. The zero-order chi connectivity index (χ0) is 30.6. The van der Waals surface area contributed by atoms with Crippen molar-refractivity contribution < 1.29 is 54.2 Å². The van der Waals surface area contributed by atoms with Crippen LogP contribution in [0.15, 0.2) is 34.4 Å². The van der Waals surface area contributed by atoms with Gasteiger partial charge >= 0.3 is 23.9 Å². The third kappa shape index (κ3) is 6.90. The van der Waals surface area contributed by atoms with Crippen LogP contribution in [0.5, 0.6) is 0 Å². The number of rotatable bonds is 11. The van der Waals surface area contributed by atoms with Crippen LogP contribution in [0.4, 0.5) is 0 Å². The average molecular weight is 579 g/mol. The lowest BCUT2D eigenvalue weighted by Crippen LogP contribution is -2.55. The van der Waals surface area contributed by atoms with Gasteiger partial charge in [0, 0.05) is 11.5 Å². The maximum absolute atomic E-state index is 13.2. The predicted molar refractivity (Wildman–Crippen MR) is 145 cm³/mol. The minimum absolute atomic E-state index is 0.0168. The molecule has 6 atom stereocenters. The predicted octanol–water partition coefficient (Wildman–Crippen LogP) is 2.10. The third-order valence-electron chi connectivity index (χ3n) is 9.00. The Balaban J connectivity index is 1.90. The molecule has 5 N–H and O–H groups in total. The fraction of sp³-hybridized carbons (Fsp3) is 0.667. The maximum Gasteiger partial charge on any atom is 0.336 e. The maximum atomic E-state index is 13.2. The molecule has 0 radical (unpaired) electrons. The molecular weight excluding hydrogens is 536 g/mol. The first-order chi connectivity index (χ1) is 19.2. The summed E-state index contributed by atoms with van der Waals surface area (Å²) in [5, 5.41) is 50.8. The monoisotopic (exact) mass is 578 g/mol. The van der Waals surface area contributed by atoms with Crippen molar-refractivity contribution in [3.05, 3.63) is 34.4 Å². The number of hydrogen-bond donors (Lipinski definition) is 5. The first-order valence-corrected chi connectivity index (χ1v) is 14.1. The van der Waals surface area contributed by atoms with Gasteiger partial charge in [0.2, 0.25) is 0 Å². The fourth-order valence-corrected chi connectivity index (χ4v) is 6.75. The number of aliphatic carboxylic acids is 2. The number of carboxylic acids is 2. The highest BCUT2D eigenvalue weighted by molar-refractivity contribution is 5.94. The van der Waals surface area contributed by atoms with E-state index in [0.717, 1.165) is 12.0 Å². The number of carbonyl (C=O) groups is 4. The average Bonchev–Trinajstić information content (AvgIpc) is 3.28. The lowest BCUT2D eigenvalue weighted by molar-refractivity contribution is -0.179. The van der Waals surface area contributed by atoms with Crippen LogP contribution in [-0.2, 0) is 28.7 Å². The minimum atomic E-state index is -2.04. The molecule has 0 amide bonds. The Bertz CT molecular complexity index is 1130. The molecule has 0 aromatic heterocycles. The van der Waals surface area contributed by atoms with Crippen molar-refractivity contribution in [2.75, 3.05) is 26.4 Å². The molecule has 0 aromatic carbocycles. The molecule has 0 spiro atoms. The molecule has 0 bridgehead atoms. The summed E-state index contributed by atoms with van der Waals surface area (Å²) in [6.07, 6.45) is 4.51. The lowest BCUT2D eigenvalue weighted by atomic mass is 9.61. The first kappa shape index (κ1) is 32.5. The molecule has 1 saturated carbocycles. The standard InChI is InChI=1S/C30H42O11/c1-15(2)20-6-5-17-13-40-29(38)24(17)22(20)10-19(12-32)28(37)41-14-30(39)8-7-21(16(3)4)23(25(30)27(35)36)9-18(11-31)26(33)34/h9-10,15-16,20-23,25,31-32,39H,5-8,11-14H2,1-4H3,(H,33,34)(H,35,36)/t20-,21-,22-,23-,25-,30-/m1/s1. The molecule has 3 rings (SSSR count). The second-order valence-electron chi connectivity index (χ2n) is 12.1. The molecule has 0 saturated heterocycles. The summed E-state index contributed by atoms with van der Waals surface area (Å²) in [7, 11) is 0. The molecule has 2 aliphatic carbocycles. The van der Waals surface area contributed by atoms with Crippen LogP contribution >= 0.6 is 0 Å². The van der Waals surface area contributed by atoms with Crippen molar-refractivity contribution in [3.63, 3.8) is 0 Å².